The summed E-state index contributed by atoms with van der Waals surface area (Å²) in [5, 5.41) is 4.69. The van der Waals surface area contributed by atoms with Gasteiger partial charge in [0.25, 0.3) is 5.56 Å². The first-order chi connectivity index (χ1) is 21.0. The number of halogens is 2. The zero-order chi connectivity index (χ0) is 33.3. The third kappa shape index (κ3) is 7.45. The smallest absolute Gasteiger partial charge is 0.276 e. The molecule has 244 valence electrons. The fraction of sp³-hybridized carbons (Fsp3) is 0.379. The number of rotatable bonds is 13. The third-order valence-corrected chi connectivity index (χ3v) is 13.0. The third-order valence-electron chi connectivity index (χ3n) is 7.00. The topological polar surface area (TPSA) is 130 Å². The van der Waals surface area contributed by atoms with Crippen LogP contribution >= 0.6 is 0 Å². The number of anilines is 1. The molecule has 0 saturated heterocycles. The Balaban J connectivity index is 1.96. The van der Waals surface area contributed by atoms with Gasteiger partial charge in [-0.3, -0.25) is 4.79 Å². The number of benzene rings is 2. The minimum absolute atomic E-state index is 0.00583. The van der Waals surface area contributed by atoms with Gasteiger partial charge in [0.15, 0.2) is 11.6 Å². The molecule has 0 amide bonds. The maximum absolute atomic E-state index is 14.7. The molecule has 0 N–H and O–H groups in total. The van der Waals surface area contributed by atoms with Crippen LogP contribution in [0.25, 0.3) is 22.0 Å². The lowest BCUT2D eigenvalue weighted by atomic mass is 10.0. The molecular formula is C29H36F2N4O7S2Si. The van der Waals surface area contributed by atoms with Crippen LogP contribution in [0, 0.1) is 11.6 Å². The van der Waals surface area contributed by atoms with Gasteiger partial charge in [0.1, 0.15) is 23.8 Å². The molecule has 0 aliphatic heterocycles. The van der Waals surface area contributed by atoms with E-state index in [1.54, 1.807) is 0 Å². The molecule has 0 spiro atoms. The SMILES string of the molecule is CCS(=O)(=O)N(c1ccc(Oc2ccc(F)cc2F)c(-c2cn(C)c(=O)c3c2cnn3COCC[Si](C)(C)C)c1)S(=O)(=O)CC. The molecule has 0 saturated carbocycles. The average molecular weight is 683 g/mol. The normalized spacial score (nSPS) is 12.5. The molecular weight excluding hydrogens is 647 g/mol. The molecule has 0 bridgehead atoms. The number of nitrogens with zero attached hydrogens (tertiary/aromatic N) is 4. The molecule has 0 radical (unpaired) electrons. The molecule has 4 rings (SSSR count). The van der Waals surface area contributed by atoms with Gasteiger partial charge in [-0.15, -0.1) is 0 Å². The van der Waals surface area contributed by atoms with Gasteiger partial charge in [-0.2, -0.15) is 8.81 Å². The minimum atomic E-state index is -4.32. The van der Waals surface area contributed by atoms with Crippen LogP contribution in [0.3, 0.4) is 0 Å². The van der Waals surface area contributed by atoms with E-state index in [1.165, 1.54) is 60.7 Å². The highest BCUT2D eigenvalue weighted by molar-refractivity contribution is 8.10. The monoisotopic (exact) mass is 682 g/mol. The molecule has 0 aliphatic carbocycles. The fourth-order valence-corrected chi connectivity index (χ4v) is 8.59. The number of fused-ring (bicyclic) bond motifs is 1. The zero-order valence-electron chi connectivity index (χ0n) is 25.9. The Labute approximate surface area is 262 Å². The molecule has 0 fully saturated rings. The van der Waals surface area contributed by atoms with E-state index in [2.05, 4.69) is 24.7 Å². The highest BCUT2D eigenvalue weighted by atomic mass is 32.3. The van der Waals surface area contributed by atoms with E-state index in [0.29, 0.717) is 27.3 Å². The van der Waals surface area contributed by atoms with E-state index in [0.717, 1.165) is 18.2 Å². The molecule has 2 heterocycles. The molecule has 2 aromatic carbocycles. The lowest BCUT2D eigenvalue weighted by Crippen LogP contribution is -2.39. The second-order valence-corrected chi connectivity index (χ2v) is 21.6. The molecule has 4 aromatic rings. The van der Waals surface area contributed by atoms with Crippen molar-refractivity contribution < 1.29 is 35.1 Å². The predicted octanol–water partition coefficient (Wildman–Crippen LogP) is 5.29. The summed E-state index contributed by atoms with van der Waals surface area (Å²) >= 11 is 0. The average Bonchev–Trinajstić information content (AvgIpc) is 3.39. The van der Waals surface area contributed by atoms with Crippen molar-refractivity contribution in [1.82, 2.24) is 14.3 Å². The van der Waals surface area contributed by atoms with E-state index >= 15 is 0 Å². The van der Waals surface area contributed by atoms with Crippen molar-refractivity contribution in [3.63, 3.8) is 0 Å². The fourth-order valence-electron chi connectivity index (χ4n) is 4.47. The van der Waals surface area contributed by atoms with Gasteiger partial charge in [-0.1, -0.05) is 19.6 Å². The van der Waals surface area contributed by atoms with Crippen LogP contribution in [0.2, 0.25) is 25.7 Å². The molecule has 2 aromatic heterocycles. The van der Waals surface area contributed by atoms with Gasteiger partial charge in [0.05, 0.1) is 23.4 Å². The van der Waals surface area contributed by atoms with Gasteiger partial charge < -0.3 is 14.0 Å². The summed E-state index contributed by atoms with van der Waals surface area (Å²) in [4.78, 5) is 13.3. The minimum Gasteiger partial charge on any atom is -0.454 e. The second kappa shape index (κ2) is 13.0. The number of aryl methyl sites for hydroxylation is 1. The highest BCUT2D eigenvalue weighted by Gasteiger charge is 2.33. The summed E-state index contributed by atoms with van der Waals surface area (Å²) in [5.74, 6) is -3.18. The van der Waals surface area contributed by atoms with Crippen LogP contribution in [-0.2, 0) is 38.6 Å². The van der Waals surface area contributed by atoms with Crippen LogP contribution in [0.15, 0.2) is 53.6 Å². The van der Waals surface area contributed by atoms with Crippen molar-refractivity contribution in [2.75, 3.05) is 21.8 Å². The Hall–Kier alpha value is -3.60. The van der Waals surface area contributed by atoms with Crippen molar-refractivity contribution in [1.29, 1.82) is 0 Å². The lowest BCUT2D eigenvalue weighted by Gasteiger charge is -2.24. The Morgan fingerprint density at radius 1 is 0.933 bits per heavy atom. The largest absolute Gasteiger partial charge is 0.454 e. The van der Waals surface area contributed by atoms with E-state index in [-0.39, 0.29) is 35.0 Å². The standard InChI is InChI=1S/C29H36F2N4O7S2Si/c1-7-43(37,38)35(44(39,40)8-2)21-10-12-26(42-27-11-9-20(30)15-25(27)31)22(16-21)24-18-33(3)29(36)28-23(24)17-32-34(28)19-41-13-14-45(4,5)6/h9-12,15-18H,7-8,13-14,19H2,1-6H3. The molecule has 16 heteroatoms. The zero-order valence-corrected chi connectivity index (χ0v) is 28.5. The number of ether oxygens (including phenoxy) is 2. The van der Waals surface area contributed by atoms with Crippen molar-refractivity contribution in [3.05, 3.63) is 70.8 Å². The maximum atomic E-state index is 14.7. The van der Waals surface area contributed by atoms with Crippen LogP contribution in [0.4, 0.5) is 14.5 Å². The van der Waals surface area contributed by atoms with Crippen molar-refractivity contribution in [2.45, 2.75) is 46.3 Å². The second-order valence-electron chi connectivity index (χ2n) is 11.6. The molecule has 0 atom stereocenters. The summed E-state index contributed by atoms with van der Waals surface area (Å²) in [7, 11) is -8.51. The van der Waals surface area contributed by atoms with Crippen molar-refractivity contribution in [3.8, 4) is 22.6 Å². The van der Waals surface area contributed by atoms with Gasteiger partial charge in [-0.25, -0.2) is 30.3 Å². The van der Waals surface area contributed by atoms with Gasteiger partial charge >= 0.3 is 0 Å². The first-order valence-electron chi connectivity index (χ1n) is 14.1. The summed E-state index contributed by atoms with van der Waals surface area (Å²) < 4.78 is 95.3. The molecule has 45 heavy (non-hydrogen) atoms. The van der Waals surface area contributed by atoms with Crippen LogP contribution in [0.5, 0.6) is 11.5 Å². The van der Waals surface area contributed by atoms with E-state index in [1.807, 2.05) is 0 Å². The Bertz CT molecular complexity index is 1970. The van der Waals surface area contributed by atoms with Crippen LogP contribution in [-0.4, -0.2) is 57.4 Å². The van der Waals surface area contributed by atoms with Crippen molar-refractivity contribution >= 4 is 44.7 Å². The van der Waals surface area contributed by atoms with Gasteiger partial charge in [0, 0.05) is 50.5 Å². The number of hydrogen-bond acceptors (Lipinski definition) is 8. The summed E-state index contributed by atoms with van der Waals surface area (Å²) in [5.41, 5.74) is -0.00979. The first-order valence-corrected chi connectivity index (χ1v) is 21.1. The molecule has 0 unspecified atom stereocenters. The van der Waals surface area contributed by atoms with Crippen LogP contribution < -0.4 is 14.0 Å². The predicted molar refractivity (Wildman–Crippen MR) is 172 cm³/mol. The highest BCUT2D eigenvalue weighted by Crippen LogP contribution is 2.40. The summed E-state index contributed by atoms with van der Waals surface area (Å²) in [6.45, 7) is 9.76. The summed E-state index contributed by atoms with van der Waals surface area (Å²) in [6.07, 6.45) is 2.90. The Kier molecular flexibility index (Phi) is 9.92. The summed E-state index contributed by atoms with van der Waals surface area (Å²) in [6, 6.07) is 7.42. The Morgan fingerprint density at radius 2 is 1.58 bits per heavy atom. The molecule has 0 aliphatic rings. The maximum Gasteiger partial charge on any atom is 0.276 e. The van der Waals surface area contributed by atoms with Crippen LogP contribution in [0.1, 0.15) is 13.8 Å². The van der Waals surface area contributed by atoms with Crippen molar-refractivity contribution in [2.24, 2.45) is 7.05 Å². The number of sulfonamides is 2. The molecule has 11 nitrogen and oxygen atoms in total. The van der Waals surface area contributed by atoms with Gasteiger partial charge in [0.2, 0.25) is 20.0 Å². The number of pyridine rings is 1. The quantitative estimate of drug-likeness (QED) is 0.137. The Morgan fingerprint density at radius 3 is 2.18 bits per heavy atom. The first kappa shape index (κ1) is 34.3. The van der Waals surface area contributed by atoms with E-state index < -0.39 is 56.8 Å². The number of hydrogen-bond donors (Lipinski definition) is 0. The lowest BCUT2D eigenvalue weighted by molar-refractivity contribution is 0.0815. The van der Waals surface area contributed by atoms with E-state index in [9.17, 15) is 30.4 Å². The van der Waals surface area contributed by atoms with E-state index in [4.69, 9.17) is 9.47 Å². The van der Waals surface area contributed by atoms with Gasteiger partial charge in [-0.05, 0) is 50.2 Å². The number of aromatic nitrogens is 3.